The van der Waals surface area contributed by atoms with E-state index in [1.165, 1.54) is 10.8 Å². The number of pyridine rings is 1. The van der Waals surface area contributed by atoms with Crippen LogP contribution in [0.15, 0.2) is 28.9 Å². The van der Waals surface area contributed by atoms with Gasteiger partial charge in [-0.25, -0.2) is 26.9 Å². The third kappa shape index (κ3) is 4.08. The lowest BCUT2D eigenvalue weighted by molar-refractivity contribution is 0.0977. The molecule has 10 heteroatoms. The van der Waals surface area contributed by atoms with Gasteiger partial charge < -0.3 is 0 Å². The molecular formula is C13H8BrF3N2O3S. The molecule has 1 amide bonds. The molecule has 0 unspecified atom stereocenters. The second-order valence-electron chi connectivity index (χ2n) is 4.51. The van der Waals surface area contributed by atoms with Crippen molar-refractivity contribution >= 4 is 31.9 Å². The van der Waals surface area contributed by atoms with Gasteiger partial charge in [-0.2, -0.15) is 4.39 Å². The molecule has 0 radical (unpaired) electrons. The molecule has 0 fully saturated rings. The van der Waals surface area contributed by atoms with Crippen molar-refractivity contribution in [1.29, 1.82) is 0 Å². The molecule has 0 spiro atoms. The number of aromatic nitrogens is 1. The van der Waals surface area contributed by atoms with E-state index in [1.807, 2.05) is 0 Å². The van der Waals surface area contributed by atoms with Crippen LogP contribution in [0.4, 0.5) is 13.2 Å². The monoisotopic (exact) mass is 408 g/mol. The van der Waals surface area contributed by atoms with Crippen LogP contribution < -0.4 is 4.72 Å². The molecule has 1 N–H and O–H groups in total. The van der Waals surface area contributed by atoms with Crippen LogP contribution in [0, 0.1) is 17.6 Å². The predicted octanol–water partition coefficient (Wildman–Crippen LogP) is 2.62. The van der Waals surface area contributed by atoms with Crippen molar-refractivity contribution < 1.29 is 26.4 Å². The van der Waals surface area contributed by atoms with Gasteiger partial charge in [0.2, 0.25) is 16.0 Å². The molecule has 0 aliphatic carbocycles. The topological polar surface area (TPSA) is 76.1 Å². The molecule has 0 aliphatic rings. The molecule has 0 saturated carbocycles. The van der Waals surface area contributed by atoms with Crippen molar-refractivity contribution in [2.75, 3.05) is 6.26 Å². The Morgan fingerprint density at radius 2 is 1.83 bits per heavy atom. The average molecular weight is 409 g/mol. The molecule has 5 nitrogen and oxygen atoms in total. The van der Waals surface area contributed by atoms with Crippen molar-refractivity contribution in [2.24, 2.45) is 0 Å². The summed E-state index contributed by atoms with van der Waals surface area (Å²) in [6, 6.07) is 2.45. The quantitative estimate of drug-likeness (QED) is 0.791. The van der Waals surface area contributed by atoms with Crippen LogP contribution in [0.5, 0.6) is 0 Å². The predicted molar refractivity (Wildman–Crippen MR) is 79.6 cm³/mol. The Hall–Kier alpha value is -1.94. The van der Waals surface area contributed by atoms with E-state index in [4.69, 9.17) is 0 Å². The zero-order chi connectivity index (χ0) is 17.4. The number of rotatable bonds is 3. The fourth-order valence-electron chi connectivity index (χ4n) is 1.73. The Morgan fingerprint density at radius 1 is 1.17 bits per heavy atom. The van der Waals surface area contributed by atoms with Crippen molar-refractivity contribution in [2.45, 2.75) is 0 Å². The lowest BCUT2D eigenvalue weighted by Crippen LogP contribution is -2.30. The highest BCUT2D eigenvalue weighted by molar-refractivity contribution is 9.10. The molecule has 1 aromatic carbocycles. The summed E-state index contributed by atoms with van der Waals surface area (Å²) in [4.78, 5) is 15.0. The summed E-state index contributed by atoms with van der Waals surface area (Å²) in [5.41, 5.74) is -0.956. The minimum atomic E-state index is -3.92. The number of sulfonamides is 1. The number of halogens is 4. The number of carbonyl (C=O) groups is 1. The smallest absolute Gasteiger partial charge is 0.267 e. The Labute approximate surface area is 137 Å². The SMILES string of the molecule is CS(=O)(=O)NC(=O)c1cc(F)c(-c2cnc(F)c(Br)c2)cc1F. The summed E-state index contributed by atoms with van der Waals surface area (Å²) in [5, 5.41) is 0. The van der Waals surface area contributed by atoms with Crippen molar-refractivity contribution in [3.8, 4) is 11.1 Å². The Bertz CT molecular complexity index is 904. The Morgan fingerprint density at radius 3 is 2.39 bits per heavy atom. The first-order chi connectivity index (χ1) is 10.6. The van der Waals surface area contributed by atoms with Gasteiger partial charge in [0, 0.05) is 17.3 Å². The molecule has 0 aliphatic heterocycles. The first-order valence-electron chi connectivity index (χ1n) is 5.91. The zero-order valence-corrected chi connectivity index (χ0v) is 13.8. The van der Waals surface area contributed by atoms with Gasteiger partial charge in [0.05, 0.1) is 16.3 Å². The highest BCUT2D eigenvalue weighted by Crippen LogP contribution is 2.28. The first-order valence-corrected chi connectivity index (χ1v) is 8.59. The highest BCUT2D eigenvalue weighted by Gasteiger charge is 2.20. The maximum atomic E-state index is 14.1. The van der Waals surface area contributed by atoms with Crippen LogP contribution in [0.1, 0.15) is 10.4 Å². The van der Waals surface area contributed by atoms with Gasteiger partial charge in [-0.1, -0.05) is 0 Å². The van der Waals surface area contributed by atoms with E-state index in [0.29, 0.717) is 18.4 Å². The third-order valence-electron chi connectivity index (χ3n) is 2.69. The maximum absolute atomic E-state index is 14.1. The Kier molecular flexibility index (Phi) is 4.76. The summed E-state index contributed by atoms with van der Waals surface area (Å²) >= 11 is 2.87. The number of benzene rings is 1. The third-order valence-corrected chi connectivity index (χ3v) is 3.80. The molecule has 0 saturated heterocycles. The van der Waals surface area contributed by atoms with Crippen LogP contribution in [0.25, 0.3) is 11.1 Å². The van der Waals surface area contributed by atoms with Gasteiger partial charge >= 0.3 is 0 Å². The second-order valence-corrected chi connectivity index (χ2v) is 7.11. The van der Waals surface area contributed by atoms with Crippen LogP contribution in [0.2, 0.25) is 0 Å². The van der Waals surface area contributed by atoms with E-state index in [2.05, 4.69) is 20.9 Å². The van der Waals surface area contributed by atoms with Gasteiger partial charge in [0.15, 0.2) is 0 Å². The second kappa shape index (κ2) is 6.28. The minimum Gasteiger partial charge on any atom is -0.268 e. The lowest BCUT2D eigenvalue weighted by Gasteiger charge is -2.08. The van der Waals surface area contributed by atoms with Gasteiger partial charge in [0.1, 0.15) is 11.6 Å². The van der Waals surface area contributed by atoms with Crippen LogP contribution in [0.3, 0.4) is 0 Å². The minimum absolute atomic E-state index is 0.0475. The lowest BCUT2D eigenvalue weighted by atomic mass is 10.0. The van der Waals surface area contributed by atoms with Crippen LogP contribution in [-0.2, 0) is 10.0 Å². The molecule has 2 rings (SSSR count). The van der Waals surface area contributed by atoms with Gasteiger partial charge in [0.25, 0.3) is 5.91 Å². The number of nitrogens with zero attached hydrogens (tertiary/aromatic N) is 1. The summed E-state index contributed by atoms with van der Waals surface area (Å²) in [6.45, 7) is 0. The fraction of sp³-hybridized carbons (Fsp3) is 0.0769. The van der Waals surface area contributed by atoms with Crippen LogP contribution in [-0.4, -0.2) is 25.6 Å². The van der Waals surface area contributed by atoms with Crippen LogP contribution >= 0.6 is 15.9 Å². The number of nitrogens with one attached hydrogen (secondary N) is 1. The first kappa shape index (κ1) is 17.4. The maximum Gasteiger partial charge on any atom is 0.267 e. The van der Waals surface area contributed by atoms with E-state index in [9.17, 15) is 26.4 Å². The van der Waals surface area contributed by atoms with E-state index < -0.39 is 39.1 Å². The number of hydrogen-bond donors (Lipinski definition) is 1. The molecule has 23 heavy (non-hydrogen) atoms. The average Bonchev–Trinajstić information content (AvgIpc) is 2.42. The molecule has 2 aromatic rings. The number of carbonyl (C=O) groups excluding carboxylic acids is 1. The van der Waals surface area contributed by atoms with Crippen molar-refractivity contribution in [3.05, 3.63) is 52.0 Å². The van der Waals surface area contributed by atoms with Gasteiger partial charge in [-0.15, -0.1) is 0 Å². The zero-order valence-electron chi connectivity index (χ0n) is 11.4. The fourth-order valence-corrected chi connectivity index (χ4v) is 2.53. The molecule has 122 valence electrons. The summed E-state index contributed by atoms with van der Waals surface area (Å²) < 4.78 is 64.6. The van der Waals surface area contributed by atoms with E-state index in [0.717, 1.165) is 6.20 Å². The number of amides is 1. The summed E-state index contributed by atoms with van der Waals surface area (Å²) in [6.07, 6.45) is 1.70. The standard InChI is InChI=1S/C13H8BrF3N2O3S/c1-23(21,22)19-13(20)8-4-10(15)7(3-11(8)16)6-2-9(14)12(17)18-5-6/h2-5H,1H3,(H,19,20). The normalized spacial score (nSPS) is 11.3. The molecule has 0 atom stereocenters. The molecular weight excluding hydrogens is 401 g/mol. The summed E-state index contributed by atoms with van der Waals surface area (Å²) in [5.74, 6) is -4.25. The van der Waals surface area contributed by atoms with Gasteiger partial charge in [-0.3, -0.25) is 4.79 Å². The van der Waals surface area contributed by atoms with E-state index in [-0.39, 0.29) is 15.6 Å². The largest absolute Gasteiger partial charge is 0.268 e. The Balaban J connectivity index is 2.48. The highest BCUT2D eigenvalue weighted by atomic mass is 79.9. The molecule has 0 bridgehead atoms. The van der Waals surface area contributed by atoms with Gasteiger partial charge in [-0.05, 0) is 34.1 Å². The molecule has 1 heterocycles. The van der Waals surface area contributed by atoms with E-state index in [1.54, 1.807) is 0 Å². The van der Waals surface area contributed by atoms with Crippen molar-refractivity contribution in [1.82, 2.24) is 9.71 Å². The van der Waals surface area contributed by atoms with Crippen molar-refractivity contribution in [3.63, 3.8) is 0 Å². The number of hydrogen-bond acceptors (Lipinski definition) is 4. The molecule has 1 aromatic heterocycles. The summed E-state index contributed by atoms with van der Waals surface area (Å²) in [7, 11) is -3.92. The van der Waals surface area contributed by atoms with E-state index >= 15 is 0 Å².